The van der Waals surface area contributed by atoms with Crippen LogP contribution in [-0.2, 0) is 10.0 Å². The van der Waals surface area contributed by atoms with Gasteiger partial charge in [0, 0.05) is 52.0 Å². The molecule has 7 nitrogen and oxygen atoms in total. The second kappa shape index (κ2) is 5.66. The number of nitrogens with zero attached hydrogens (tertiary/aromatic N) is 5. The average Bonchev–Trinajstić information content (AvgIpc) is 3.31. The van der Waals surface area contributed by atoms with Gasteiger partial charge < -0.3 is 9.80 Å². The second-order valence-corrected chi connectivity index (χ2v) is 8.41. The Morgan fingerprint density at radius 1 is 1.14 bits per heavy atom. The monoisotopic (exact) mass is 325 g/mol. The van der Waals surface area contributed by atoms with Gasteiger partial charge in [0.15, 0.2) is 0 Å². The van der Waals surface area contributed by atoms with Crippen LogP contribution >= 0.6 is 0 Å². The molecular formula is C14H23N5O2S. The molecule has 3 rings (SSSR count). The Labute approximate surface area is 132 Å². The molecule has 1 aliphatic heterocycles. The van der Waals surface area contributed by atoms with Crippen molar-refractivity contribution < 1.29 is 8.42 Å². The summed E-state index contributed by atoms with van der Waals surface area (Å²) in [6.45, 7) is 4.28. The number of rotatable bonds is 4. The third-order valence-electron chi connectivity index (χ3n) is 4.11. The topological polar surface area (TPSA) is 69.6 Å². The van der Waals surface area contributed by atoms with Crippen LogP contribution in [0.5, 0.6) is 0 Å². The van der Waals surface area contributed by atoms with Crippen LogP contribution in [0.1, 0.15) is 18.5 Å². The number of piperazine rings is 1. The molecule has 1 saturated heterocycles. The van der Waals surface area contributed by atoms with Crippen molar-refractivity contribution in [1.82, 2.24) is 14.3 Å². The van der Waals surface area contributed by atoms with E-state index in [1.54, 1.807) is 4.31 Å². The van der Waals surface area contributed by atoms with Crippen LogP contribution in [0.4, 0.5) is 11.8 Å². The lowest BCUT2D eigenvalue weighted by Crippen LogP contribution is -2.50. The van der Waals surface area contributed by atoms with Gasteiger partial charge in [0.2, 0.25) is 16.0 Å². The fourth-order valence-electron chi connectivity index (χ4n) is 2.63. The van der Waals surface area contributed by atoms with Crippen LogP contribution in [-0.4, -0.2) is 68.2 Å². The summed E-state index contributed by atoms with van der Waals surface area (Å²) in [6, 6.07) is 1.94. The van der Waals surface area contributed by atoms with Gasteiger partial charge in [-0.15, -0.1) is 0 Å². The molecule has 1 saturated carbocycles. The van der Waals surface area contributed by atoms with Gasteiger partial charge >= 0.3 is 0 Å². The molecule has 8 heteroatoms. The summed E-state index contributed by atoms with van der Waals surface area (Å²) in [7, 11) is 0.834. The van der Waals surface area contributed by atoms with E-state index in [9.17, 15) is 8.42 Å². The lowest BCUT2D eigenvalue weighted by Gasteiger charge is -2.34. The number of anilines is 2. The minimum atomic E-state index is -3.07. The molecule has 0 spiro atoms. The highest BCUT2D eigenvalue weighted by molar-refractivity contribution is 7.90. The first kappa shape index (κ1) is 15.5. The molecule has 0 radical (unpaired) electrons. The average molecular weight is 325 g/mol. The van der Waals surface area contributed by atoms with Gasteiger partial charge in [0.25, 0.3) is 0 Å². The second-order valence-electron chi connectivity index (χ2n) is 6.19. The van der Waals surface area contributed by atoms with Crippen LogP contribution in [0, 0.1) is 6.92 Å². The maximum atomic E-state index is 12.3. The molecule has 1 aliphatic carbocycles. The first-order valence-corrected chi connectivity index (χ1v) is 9.15. The number of hydrogen-bond acceptors (Lipinski definition) is 6. The third kappa shape index (κ3) is 3.03. The van der Waals surface area contributed by atoms with Crippen molar-refractivity contribution in [3.63, 3.8) is 0 Å². The van der Waals surface area contributed by atoms with Gasteiger partial charge in [-0.3, -0.25) is 0 Å². The summed E-state index contributed by atoms with van der Waals surface area (Å²) in [5.41, 5.74) is 0.918. The van der Waals surface area contributed by atoms with Crippen LogP contribution in [0.2, 0.25) is 0 Å². The molecule has 0 amide bonds. The zero-order valence-electron chi connectivity index (χ0n) is 13.4. The highest BCUT2D eigenvalue weighted by Gasteiger charge is 2.41. The Hall–Kier alpha value is -1.41. The minimum Gasteiger partial charge on any atom is -0.363 e. The Bertz CT molecular complexity index is 649. The lowest BCUT2D eigenvalue weighted by molar-refractivity contribution is 0.382. The van der Waals surface area contributed by atoms with E-state index in [-0.39, 0.29) is 5.25 Å². The van der Waals surface area contributed by atoms with Crippen LogP contribution in [0.15, 0.2) is 6.07 Å². The normalized spacial score (nSPS) is 20.2. The van der Waals surface area contributed by atoms with Crippen LogP contribution < -0.4 is 9.80 Å². The third-order valence-corrected chi connectivity index (χ3v) is 6.51. The van der Waals surface area contributed by atoms with Crippen molar-refractivity contribution in [3.05, 3.63) is 11.8 Å². The fourth-order valence-corrected chi connectivity index (χ4v) is 4.45. The van der Waals surface area contributed by atoms with E-state index in [1.165, 1.54) is 0 Å². The zero-order valence-corrected chi connectivity index (χ0v) is 14.2. The number of aromatic nitrogens is 2. The molecule has 2 aliphatic rings. The molecule has 1 aromatic heterocycles. The maximum Gasteiger partial charge on any atom is 0.227 e. The SMILES string of the molecule is Cc1cc(N(C)C)nc(N2CCN(S(=O)(=O)C3CC3)CC2)n1. The predicted octanol–water partition coefficient (Wildman–Crippen LogP) is 0.465. The summed E-state index contributed by atoms with van der Waals surface area (Å²) in [5, 5.41) is -0.130. The Morgan fingerprint density at radius 3 is 2.32 bits per heavy atom. The summed E-state index contributed by atoms with van der Waals surface area (Å²) in [6.07, 6.45) is 1.63. The molecule has 22 heavy (non-hydrogen) atoms. The maximum absolute atomic E-state index is 12.3. The van der Waals surface area contributed by atoms with Crippen LogP contribution in [0.25, 0.3) is 0 Å². The van der Waals surface area contributed by atoms with Crippen molar-refractivity contribution in [1.29, 1.82) is 0 Å². The highest BCUT2D eigenvalue weighted by atomic mass is 32.2. The summed E-state index contributed by atoms with van der Waals surface area (Å²) >= 11 is 0. The minimum absolute atomic E-state index is 0.130. The van der Waals surface area contributed by atoms with Crippen molar-refractivity contribution in [2.75, 3.05) is 50.1 Å². The van der Waals surface area contributed by atoms with Crippen molar-refractivity contribution in [2.45, 2.75) is 25.0 Å². The first-order chi connectivity index (χ1) is 10.4. The molecule has 0 bridgehead atoms. The molecule has 2 fully saturated rings. The van der Waals surface area contributed by atoms with E-state index < -0.39 is 10.0 Å². The fraction of sp³-hybridized carbons (Fsp3) is 0.714. The van der Waals surface area contributed by atoms with Crippen molar-refractivity contribution in [2.24, 2.45) is 0 Å². The van der Waals surface area contributed by atoms with Crippen molar-refractivity contribution >= 4 is 21.8 Å². The summed E-state index contributed by atoms with van der Waals surface area (Å²) in [5.74, 6) is 1.56. The van der Waals surface area contributed by atoms with E-state index >= 15 is 0 Å². The predicted molar refractivity (Wildman–Crippen MR) is 86.8 cm³/mol. The Kier molecular flexibility index (Phi) is 3.98. The smallest absolute Gasteiger partial charge is 0.227 e. The van der Waals surface area contributed by atoms with E-state index in [4.69, 9.17) is 0 Å². The molecular weight excluding hydrogens is 302 g/mol. The largest absolute Gasteiger partial charge is 0.363 e. The summed E-state index contributed by atoms with van der Waals surface area (Å²) in [4.78, 5) is 13.1. The Morgan fingerprint density at radius 2 is 1.77 bits per heavy atom. The molecule has 0 aromatic carbocycles. The van der Waals surface area contributed by atoms with Gasteiger partial charge in [-0.25, -0.2) is 13.4 Å². The molecule has 122 valence electrons. The quantitative estimate of drug-likeness (QED) is 0.801. The standard InChI is InChI=1S/C14H23N5O2S/c1-11-10-13(17(2)3)16-14(15-11)18-6-8-19(9-7-18)22(20,21)12-4-5-12/h10,12H,4-9H2,1-3H3. The van der Waals surface area contributed by atoms with Gasteiger partial charge in [-0.05, 0) is 19.8 Å². The zero-order chi connectivity index (χ0) is 15.9. The molecule has 0 atom stereocenters. The van der Waals surface area contributed by atoms with Gasteiger partial charge in [-0.1, -0.05) is 0 Å². The van der Waals surface area contributed by atoms with E-state index in [0.29, 0.717) is 32.1 Å². The molecule has 2 heterocycles. The van der Waals surface area contributed by atoms with E-state index in [0.717, 1.165) is 24.4 Å². The Balaban J connectivity index is 1.71. The van der Waals surface area contributed by atoms with Gasteiger partial charge in [0.05, 0.1) is 5.25 Å². The number of aryl methyl sites for hydroxylation is 1. The van der Waals surface area contributed by atoms with Crippen molar-refractivity contribution in [3.8, 4) is 0 Å². The summed E-state index contributed by atoms with van der Waals surface area (Å²) < 4.78 is 26.1. The first-order valence-electron chi connectivity index (χ1n) is 7.65. The van der Waals surface area contributed by atoms with Crippen LogP contribution in [0.3, 0.4) is 0 Å². The van der Waals surface area contributed by atoms with E-state index in [1.807, 2.05) is 32.0 Å². The van der Waals surface area contributed by atoms with E-state index in [2.05, 4.69) is 14.9 Å². The highest BCUT2D eigenvalue weighted by Crippen LogP contribution is 2.31. The van der Waals surface area contributed by atoms with Gasteiger partial charge in [0.1, 0.15) is 5.82 Å². The number of hydrogen-bond donors (Lipinski definition) is 0. The molecule has 0 unspecified atom stereocenters. The molecule has 0 N–H and O–H groups in total. The molecule has 1 aromatic rings. The lowest BCUT2D eigenvalue weighted by atomic mass is 10.3. The van der Waals surface area contributed by atoms with Gasteiger partial charge in [-0.2, -0.15) is 9.29 Å². The number of sulfonamides is 1.